The Balaban J connectivity index is 2.53. The predicted octanol–water partition coefficient (Wildman–Crippen LogP) is 2.75. The average molecular weight is 211 g/mol. The Labute approximate surface area is 85.9 Å². The molecule has 0 spiro atoms. The molecule has 0 saturated heterocycles. The molecular formula is C10H8ClFN2. The first-order valence-electron chi connectivity index (χ1n) is 4.15. The fourth-order valence-electron chi connectivity index (χ4n) is 1.30. The van der Waals surface area contributed by atoms with Gasteiger partial charge >= 0.3 is 0 Å². The van der Waals surface area contributed by atoms with Gasteiger partial charge in [-0.1, -0.05) is 0 Å². The summed E-state index contributed by atoms with van der Waals surface area (Å²) in [5.41, 5.74) is 1.54. The molecule has 0 fully saturated rings. The standard InChI is InChI=1S/C10H8ClFN2/c11-7-8-6-9(12)2-3-10(8)14-5-1-4-13-14/h1-6H,7H2. The van der Waals surface area contributed by atoms with E-state index in [0.717, 1.165) is 11.3 Å². The van der Waals surface area contributed by atoms with Crippen LogP contribution in [0.15, 0.2) is 36.7 Å². The van der Waals surface area contributed by atoms with Crippen molar-refractivity contribution in [3.05, 3.63) is 48.0 Å². The van der Waals surface area contributed by atoms with Crippen molar-refractivity contribution < 1.29 is 4.39 Å². The number of aromatic nitrogens is 2. The first kappa shape index (κ1) is 9.21. The van der Waals surface area contributed by atoms with Crippen LogP contribution in [-0.4, -0.2) is 9.78 Å². The maximum atomic E-state index is 12.9. The Morgan fingerprint density at radius 1 is 1.43 bits per heavy atom. The highest BCUT2D eigenvalue weighted by Crippen LogP contribution is 2.17. The third kappa shape index (κ3) is 1.63. The molecule has 4 heteroatoms. The summed E-state index contributed by atoms with van der Waals surface area (Å²) >= 11 is 5.71. The molecule has 0 aliphatic heterocycles. The van der Waals surface area contributed by atoms with Crippen molar-refractivity contribution in [2.75, 3.05) is 0 Å². The lowest BCUT2D eigenvalue weighted by Gasteiger charge is -2.06. The fourth-order valence-corrected chi connectivity index (χ4v) is 1.51. The Morgan fingerprint density at radius 2 is 2.29 bits per heavy atom. The quantitative estimate of drug-likeness (QED) is 0.697. The molecule has 2 nitrogen and oxygen atoms in total. The van der Waals surface area contributed by atoms with E-state index < -0.39 is 0 Å². The summed E-state index contributed by atoms with van der Waals surface area (Å²) in [4.78, 5) is 0. The molecule has 0 aliphatic rings. The van der Waals surface area contributed by atoms with Crippen molar-refractivity contribution in [1.82, 2.24) is 9.78 Å². The SMILES string of the molecule is Fc1ccc(-n2cccn2)c(CCl)c1. The third-order valence-electron chi connectivity index (χ3n) is 1.94. The molecule has 0 atom stereocenters. The molecule has 1 aromatic carbocycles. The lowest BCUT2D eigenvalue weighted by molar-refractivity contribution is 0.625. The van der Waals surface area contributed by atoms with Gasteiger partial charge in [0, 0.05) is 18.3 Å². The van der Waals surface area contributed by atoms with Gasteiger partial charge in [-0.05, 0) is 29.8 Å². The highest BCUT2D eigenvalue weighted by atomic mass is 35.5. The molecule has 72 valence electrons. The molecule has 0 unspecified atom stereocenters. The number of rotatable bonds is 2. The van der Waals surface area contributed by atoms with E-state index in [1.54, 1.807) is 29.2 Å². The van der Waals surface area contributed by atoms with E-state index in [4.69, 9.17) is 11.6 Å². The zero-order chi connectivity index (χ0) is 9.97. The van der Waals surface area contributed by atoms with Crippen LogP contribution in [0.4, 0.5) is 4.39 Å². The zero-order valence-electron chi connectivity index (χ0n) is 7.32. The summed E-state index contributed by atoms with van der Waals surface area (Å²) in [6, 6.07) is 6.29. The highest BCUT2D eigenvalue weighted by Gasteiger charge is 2.04. The minimum Gasteiger partial charge on any atom is -0.241 e. The van der Waals surface area contributed by atoms with Crippen molar-refractivity contribution >= 4 is 11.6 Å². The van der Waals surface area contributed by atoms with Gasteiger partial charge in [-0.25, -0.2) is 9.07 Å². The molecule has 0 N–H and O–H groups in total. The van der Waals surface area contributed by atoms with E-state index >= 15 is 0 Å². The number of halogens is 2. The molecule has 2 aromatic rings. The van der Waals surface area contributed by atoms with Crippen LogP contribution in [0.2, 0.25) is 0 Å². The summed E-state index contributed by atoms with van der Waals surface area (Å²) in [5.74, 6) is -0.0102. The molecule has 1 aromatic heterocycles. The third-order valence-corrected chi connectivity index (χ3v) is 2.22. The lowest BCUT2D eigenvalue weighted by Crippen LogP contribution is -1.99. The van der Waals surface area contributed by atoms with E-state index in [0.29, 0.717) is 0 Å². The normalized spacial score (nSPS) is 10.4. The second-order valence-electron chi connectivity index (χ2n) is 2.86. The van der Waals surface area contributed by atoms with Gasteiger partial charge in [-0.2, -0.15) is 5.10 Å². The van der Waals surface area contributed by atoms with Crippen LogP contribution in [0.3, 0.4) is 0 Å². The number of alkyl halides is 1. The number of hydrogen-bond acceptors (Lipinski definition) is 1. The van der Waals surface area contributed by atoms with Gasteiger partial charge in [-0.3, -0.25) is 0 Å². The van der Waals surface area contributed by atoms with Crippen LogP contribution in [0.1, 0.15) is 5.56 Å². The molecule has 0 amide bonds. The molecule has 0 radical (unpaired) electrons. The second kappa shape index (κ2) is 3.80. The van der Waals surface area contributed by atoms with Gasteiger partial charge in [0.05, 0.1) is 5.69 Å². The average Bonchev–Trinajstić information content (AvgIpc) is 2.70. The summed E-state index contributed by atoms with van der Waals surface area (Å²) < 4.78 is 14.6. The van der Waals surface area contributed by atoms with Crippen molar-refractivity contribution in [3.8, 4) is 5.69 Å². The van der Waals surface area contributed by atoms with E-state index in [9.17, 15) is 4.39 Å². The van der Waals surface area contributed by atoms with Crippen molar-refractivity contribution in [1.29, 1.82) is 0 Å². The summed E-state index contributed by atoms with van der Waals surface area (Å²) in [6.45, 7) is 0. The minimum absolute atomic E-state index is 0.271. The molecule has 1 heterocycles. The topological polar surface area (TPSA) is 17.8 Å². The Bertz CT molecular complexity index is 426. The van der Waals surface area contributed by atoms with Crippen LogP contribution in [-0.2, 0) is 5.88 Å². The summed E-state index contributed by atoms with van der Waals surface area (Å²) in [6.07, 6.45) is 3.46. The summed E-state index contributed by atoms with van der Waals surface area (Å²) in [7, 11) is 0. The van der Waals surface area contributed by atoms with Crippen molar-refractivity contribution in [2.24, 2.45) is 0 Å². The molecule has 2 rings (SSSR count). The molecule has 0 aliphatic carbocycles. The first-order chi connectivity index (χ1) is 6.81. The van der Waals surface area contributed by atoms with Gasteiger partial charge in [0.1, 0.15) is 5.82 Å². The number of hydrogen-bond donors (Lipinski definition) is 0. The van der Waals surface area contributed by atoms with Gasteiger partial charge in [-0.15, -0.1) is 11.6 Å². The van der Waals surface area contributed by atoms with Gasteiger partial charge in [0.25, 0.3) is 0 Å². The van der Waals surface area contributed by atoms with Crippen LogP contribution < -0.4 is 0 Å². The van der Waals surface area contributed by atoms with Gasteiger partial charge in [0.2, 0.25) is 0 Å². The van der Waals surface area contributed by atoms with E-state index in [1.807, 2.05) is 0 Å². The van der Waals surface area contributed by atoms with Crippen LogP contribution in [0, 0.1) is 5.82 Å². The first-order valence-corrected chi connectivity index (χ1v) is 4.69. The molecule has 0 saturated carbocycles. The van der Waals surface area contributed by atoms with E-state index in [2.05, 4.69) is 5.10 Å². The Morgan fingerprint density at radius 3 is 2.93 bits per heavy atom. The van der Waals surface area contributed by atoms with Gasteiger partial charge < -0.3 is 0 Å². The minimum atomic E-state index is -0.281. The van der Waals surface area contributed by atoms with Crippen molar-refractivity contribution in [3.63, 3.8) is 0 Å². The molecule has 0 bridgehead atoms. The Hall–Kier alpha value is -1.35. The zero-order valence-corrected chi connectivity index (χ0v) is 8.08. The largest absolute Gasteiger partial charge is 0.241 e. The smallest absolute Gasteiger partial charge is 0.123 e. The van der Waals surface area contributed by atoms with Gasteiger partial charge in [0.15, 0.2) is 0 Å². The summed E-state index contributed by atoms with van der Waals surface area (Å²) in [5, 5.41) is 4.06. The number of benzene rings is 1. The Kier molecular flexibility index (Phi) is 2.50. The maximum absolute atomic E-state index is 12.9. The number of nitrogens with zero attached hydrogens (tertiary/aromatic N) is 2. The van der Waals surface area contributed by atoms with E-state index in [1.165, 1.54) is 12.1 Å². The molecule has 14 heavy (non-hydrogen) atoms. The predicted molar refractivity (Wildman–Crippen MR) is 53.1 cm³/mol. The second-order valence-corrected chi connectivity index (χ2v) is 3.12. The fraction of sp³-hybridized carbons (Fsp3) is 0.100. The maximum Gasteiger partial charge on any atom is 0.123 e. The monoisotopic (exact) mass is 210 g/mol. The lowest BCUT2D eigenvalue weighted by atomic mass is 10.2. The van der Waals surface area contributed by atoms with Crippen LogP contribution in [0.5, 0.6) is 0 Å². The highest BCUT2D eigenvalue weighted by molar-refractivity contribution is 6.17. The van der Waals surface area contributed by atoms with E-state index in [-0.39, 0.29) is 11.7 Å². The van der Waals surface area contributed by atoms with Crippen molar-refractivity contribution in [2.45, 2.75) is 5.88 Å². The molecular weight excluding hydrogens is 203 g/mol. The van der Waals surface area contributed by atoms with Crippen LogP contribution in [0.25, 0.3) is 5.69 Å². The van der Waals surface area contributed by atoms with Crippen LogP contribution >= 0.6 is 11.6 Å².